The summed E-state index contributed by atoms with van der Waals surface area (Å²) in [7, 11) is 0. The van der Waals surface area contributed by atoms with E-state index >= 15 is 0 Å². The number of halogens is 1. The van der Waals surface area contributed by atoms with Gasteiger partial charge in [-0.2, -0.15) is 0 Å². The fraction of sp³-hybridized carbons (Fsp3) is 1.00. The number of alkyl halides is 1. The van der Waals surface area contributed by atoms with Crippen LogP contribution in [0, 0.1) is 5.92 Å². The van der Waals surface area contributed by atoms with Crippen molar-refractivity contribution >= 4 is 0 Å². The third kappa shape index (κ3) is 1.36. The van der Waals surface area contributed by atoms with Crippen molar-refractivity contribution in [1.82, 2.24) is 5.32 Å². The minimum atomic E-state index is -0.804. The predicted octanol–water partition coefficient (Wildman–Crippen LogP) is 0.849. The molecule has 0 heterocycles. The Bertz CT molecular complexity index is 176. The Labute approximate surface area is 72.2 Å². The molecule has 2 aliphatic rings. The van der Waals surface area contributed by atoms with E-state index in [0.717, 1.165) is 5.92 Å². The van der Waals surface area contributed by atoms with E-state index < -0.39 is 12.8 Å². The van der Waals surface area contributed by atoms with Gasteiger partial charge in [-0.25, -0.2) is 4.39 Å². The van der Waals surface area contributed by atoms with E-state index in [1.54, 1.807) is 0 Å². The van der Waals surface area contributed by atoms with Crippen molar-refractivity contribution in [3.63, 3.8) is 0 Å². The van der Waals surface area contributed by atoms with Gasteiger partial charge in [-0.05, 0) is 25.2 Å². The number of fused-ring (bicyclic) bond motifs is 1. The van der Waals surface area contributed by atoms with Gasteiger partial charge in [0.1, 0.15) is 6.67 Å². The Morgan fingerprint density at radius 1 is 1.67 bits per heavy atom. The molecule has 2 fully saturated rings. The van der Waals surface area contributed by atoms with Gasteiger partial charge in [0.2, 0.25) is 0 Å². The first-order valence-electron chi connectivity index (χ1n) is 4.76. The van der Waals surface area contributed by atoms with Crippen molar-refractivity contribution in [1.29, 1.82) is 0 Å². The first kappa shape index (κ1) is 8.45. The van der Waals surface area contributed by atoms with Gasteiger partial charge in [0.05, 0.1) is 6.10 Å². The third-order valence-electron chi connectivity index (χ3n) is 3.28. The first-order valence-corrected chi connectivity index (χ1v) is 4.76. The lowest BCUT2D eigenvalue weighted by Crippen LogP contribution is -2.38. The van der Waals surface area contributed by atoms with Crippen LogP contribution in [0.3, 0.4) is 0 Å². The van der Waals surface area contributed by atoms with Crippen molar-refractivity contribution in [2.24, 2.45) is 5.92 Å². The Hall–Kier alpha value is -0.150. The molecule has 2 rings (SSSR count). The summed E-state index contributed by atoms with van der Waals surface area (Å²) in [5.41, 5.74) is 0.316. The highest BCUT2D eigenvalue weighted by Gasteiger charge is 2.56. The van der Waals surface area contributed by atoms with Crippen LogP contribution < -0.4 is 5.32 Å². The van der Waals surface area contributed by atoms with E-state index in [1.165, 1.54) is 25.7 Å². The number of hydrogen-bond acceptors (Lipinski definition) is 2. The van der Waals surface area contributed by atoms with Crippen molar-refractivity contribution in [2.45, 2.75) is 37.3 Å². The molecule has 1 unspecified atom stereocenters. The van der Waals surface area contributed by atoms with Gasteiger partial charge in [0.25, 0.3) is 0 Å². The molecule has 0 spiro atoms. The van der Waals surface area contributed by atoms with Crippen LogP contribution in [0.25, 0.3) is 0 Å². The fourth-order valence-corrected chi connectivity index (χ4v) is 2.41. The first-order chi connectivity index (χ1) is 5.77. The molecule has 3 atom stereocenters. The molecule has 0 aromatic heterocycles. The smallest absolute Gasteiger partial charge is 0.117 e. The molecule has 2 nitrogen and oxygen atoms in total. The topological polar surface area (TPSA) is 32.3 Å². The van der Waals surface area contributed by atoms with E-state index in [1.807, 2.05) is 0 Å². The summed E-state index contributed by atoms with van der Waals surface area (Å²) in [5, 5.41) is 12.3. The summed E-state index contributed by atoms with van der Waals surface area (Å²) in [6.45, 7) is -0.208. The lowest BCUT2D eigenvalue weighted by Gasteiger charge is -2.16. The van der Waals surface area contributed by atoms with E-state index in [0.29, 0.717) is 12.1 Å². The Kier molecular flexibility index (Phi) is 2.09. The molecule has 0 aromatic carbocycles. The predicted molar refractivity (Wildman–Crippen MR) is 44.7 cm³/mol. The maximum absolute atomic E-state index is 11.9. The summed E-state index contributed by atoms with van der Waals surface area (Å²) in [6, 6.07) is 0. The Morgan fingerprint density at radius 3 is 3.00 bits per heavy atom. The van der Waals surface area contributed by atoms with Crippen LogP contribution in [0.15, 0.2) is 0 Å². The van der Waals surface area contributed by atoms with Gasteiger partial charge in [0.15, 0.2) is 0 Å². The number of hydrogen-bond donors (Lipinski definition) is 2. The molecular formula is C9H16FNO. The van der Waals surface area contributed by atoms with Crippen LogP contribution in [0.2, 0.25) is 0 Å². The summed E-state index contributed by atoms with van der Waals surface area (Å²) >= 11 is 0. The number of β-amino-alcohol motifs (C(OH)–C–C–N with tert-alkyl or cyclic N) is 1. The molecule has 0 aliphatic heterocycles. The minimum absolute atomic E-state index is 0.316. The van der Waals surface area contributed by atoms with Gasteiger partial charge in [-0.15, -0.1) is 0 Å². The SMILES string of the molecule is OC(CF)CN[C@@]12CCC[C@@H]1C2. The molecule has 0 bridgehead atoms. The molecule has 2 saturated carbocycles. The third-order valence-corrected chi connectivity index (χ3v) is 3.28. The van der Waals surface area contributed by atoms with Crippen LogP contribution in [0.4, 0.5) is 4.39 Å². The largest absolute Gasteiger partial charge is 0.389 e. The van der Waals surface area contributed by atoms with Crippen molar-refractivity contribution < 1.29 is 9.50 Å². The summed E-state index contributed by atoms with van der Waals surface area (Å²) < 4.78 is 11.9. The van der Waals surface area contributed by atoms with Crippen molar-refractivity contribution in [3.8, 4) is 0 Å². The molecule has 70 valence electrons. The van der Waals surface area contributed by atoms with Gasteiger partial charge in [0, 0.05) is 12.1 Å². The molecular weight excluding hydrogens is 157 g/mol. The van der Waals surface area contributed by atoms with Crippen LogP contribution in [0.5, 0.6) is 0 Å². The molecule has 12 heavy (non-hydrogen) atoms. The van der Waals surface area contributed by atoms with Crippen LogP contribution >= 0.6 is 0 Å². The normalized spacial score (nSPS) is 41.0. The van der Waals surface area contributed by atoms with Gasteiger partial charge in [-0.3, -0.25) is 0 Å². The van der Waals surface area contributed by atoms with Gasteiger partial charge >= 0.3 is 0 Å². The van der Waals surface area contributed by atoms with Crippen molar-refractivity contribution in [2.75, 3.05) is 13.2 Å². The highest BCUT2D eigenvalue weighted by molar-refractivity contribution is 5.13. The second-order valence-electron chi connectivity index (χ2n) is 4.14. The quantitative estimate of drug-likeness (QED) is 0.660. The van der Waals surface area contributed by atoms with E-state index in [9.17, 15) is 4.39 Å². The highest BCUT2D eigenvalue weighted by Crippen LogP contribution is 2.55. The zero-order valence-corrected chi connectivity index (χ0v) is 7.22. The Balaban J connectivity index is 1.74. The van der Waals surface area contributed by atoms with Crippen LogP contribution in [-0.4, -0.2) is 30.0 Å². The lowest BCUT2D eigenvalue weighted by molar-refractivity contribution is 0.132. The standard InChI is InChI=1S/C9H16FNO/c10-5-8(12)6-11-9-3-1-2-7(9)4-9/h7-8,11-12H,1-6H2/t7-,8?,9-/m1/s1. The average Bonchev–Trinajstić information content (AvgIpc) is 2.65. The molecule has 0 saturated heterocycles. The summed E-state index contributed by atoms with van der Waals surface area (Å²) in [6.07, 6.45) is 4.27. The second kappa shape index (κ2) is 2.96. The van der Waals surface area contributed by atoms with Gasteiger partial charge in [-0.1, -0.05) is 6.42 Å². The Morgan fingerprint density at radius 2 is 2.50 bits per heavy atom. The highest BCUT2D eigenvalue weighted by atomic mass is 19.1. The molecule has 3 heteroatoms. The summed E-state index contributed by atoms with van der Waals surface area (Å²) in [4.78, 5) is 0. The van der Waals surface area contributed by atoms with E-state index in [4.69, 9.17) is 5.11 Å². The monoisotopic (exact) mass is 173 g/mol. The summed E-state index contributed by atoms with van der Waals surface area (Å²) in [5.74, 6) is 0.823. The number of rotatable bonds is 4. The molecule has 0 amide bonds. The van der Waals surface area contributed by atoms with Crippen LogP contribution in [0.1, 0.15) is 25.7 Å². The maximum atomic E-state index is 11.9. The van der Waals surface area contributed by atoms with E-state index in [-0.39, 0.29) is 0 Å². The van der Waals surface area contributed by atoms with Crippen molar-refractivity contribution in [3.05, 3.63) is 0 Å². The molecule has 2 N–H and O–H groups in total. The zero-order chi connectivity index (χ0) is 8.60. The van der Waals surface area contributed by atoms with E-state index in [2.05, 4.69) is 5.32 Å². The number of aliphatic hydroxyl groups excluding tert-OH is 1. The molecule has 0 radical (unpaired) electrons. The number of aliphatic hydroxyl groups is 1. The van der Waals surface area contributed by atoms with Gasteiger partial charge < -0.3 is 10.4 Å². The molecule has 0 aromatic rings. The molecule has 2 aliphatic carbocycles. The maximum Gasteiger partial charge on any atom is 0.117 e. The lowest BCUT2D eigenvalue weighted by atomic mass is 10.2. The minimum Gasteiger partial charge on any atom is -0.389 e. The second-order valence-corrected chi connectivity index (χ2v) is 4.14. The average molecular weight is 173 g/mol. The van der Waals surface area contributed by atoms with Crippen LogP contribution in [-0.2, 0) is 0 Å². The number of nitrogens with one attached hydrogen (secondary N) is 1. The zero-order valence-electron chi connectivity index (χ0n) is 7.22. The fourth-order valence-electron chi connectivity index (χ4n) is 2.41.